The standard InChI is InChI=1S/C18H18FN5O2S/c19-14-2-1-3-15-13(14)10-16(27-15)18(26)20-11-12-4-8-24(12)17(25)5-7-23-9-6-21-22-23/h1-3,6,9-10,12H,4-5,7-8,11H2,(H,20,26). The van der Waals surface area contributed by atoms with Gasteiger partial charge in [-0.2, -0.15) is 0 Å². The number of aromatic nitrogens is 3. The molecule has 27 heavy (non-hydrogen) atoms. The molecular weight excluding hydrogens is 369 g/mol. The van der Waals surface area contributed by atoms with Gasteiger partial charge in [-0.25, -0.2) is 4.39 Å². The maximum absolute atomic E-state index is 13.8. The summed E-state index contributed by atoms with van der Waals surface area (Å²) in [6, 6.07) is 6.39. The minimum absolute atomic E-state index is 0.00307. The number of nitrogens with one attached hydrogen (secondary N) is 1. The lowest BCUT2D eigenvalue weighted by Crippen LogP contribution is -2.56. The van der Waals surface area contributed by atoms with Gasteiger partial charge in [0, 0.05) is 35.8 Å². The zero-order valence-corrected chi connectivity index (χ0v) is 15.3. The van der Waals surface area contributed by atoms with Crippen LogP contribution in [0.15, 0.2) is 36.7 Å². The van der Waals surface area contributed by atoms with E-state index in [2.05, 4.69) is 15.6 Å². The van der Waals surface area contributed by atoms with Gasteiger partial charge < -0.3 is 10.2 Å². The van der Waals surface area contributed by atoms with Crippen LogP contribution < -0.4 is 5.32 Å². The number of hydrogen-bond donors (Lipinski definition) is 1. The lowest BCUT2D eigenvalue weighted by molar-refractivity contribution is -0.138. The summed E-state index contributed by atoms with van der Waals surface area (Å²) in [5.74, 6) is -0.525. The SMILES string of the molecule is O=C(NCC1CCN1C(=O)CCn1ccnn1)c1cc2c(F)cccc2s1. The van der Waals surface area contributed by atoms with Crippen molar-refractivity contribution < 1.29 is 14.0 Å². The van der Waals surface area contributed by atoms with E-state index in [0.29, 0.717) is 36.3 Å². The fourth-order valence-electron chi connectivity index (χ4n) is 3.12. The van der Waals surface area contributed by atoms with E-state index < -0.39 is 0 Å². The van der Waals surface area contributed by atoms with E-state index in [1.807, 2.05) is 0 Å². The highest BCUT2D eigenvalue weighted by molar-refractivity contribution is 7.20. The van der Waals surface area contributed by atoms with Crippen molar-refractivity contribution in [3.05, 3.63) is 47.4 Å². The number of thiophene rings is 1. The van der Waals surface area contributed by atoms with Crippen LogP contribution >= 0.6 is 11.3 Å². The van der Waals surface area contributed by atoms with Gasteiger partial charge in [0.1, 0.15) is 5.82 Å². The number of carbonyl (C=O) groups excluding carboxylic acids is 2. The maximum Gasteiger partial charge on any atom is 0.261 e. The van der Waals surface area contributed by atoms with E-state index in [1.165, 1.54) is 17.4 Å². The molecule has 3 aromatic rings. The van der Waals surface area contributed by atoms with Crippen LogP contribution in [0.4, 0.5) is 4.39 Å². The molecule has 2 amide bonds. The van der Waals surface area contributed by atoms with E-state index >= 15 is 0 Å². The minimum atomic E-state index is -0.328. The smallest absolute Gasteiger partial charge is 0.261 e. The average Bonchev–Trinajstić information content (AvgIpc) is 3.29. The Hall–Kier alpha value is -2.81. The highest BCUT2D eigenvalue weighted by Gasteiger charge is 2.32. The van der Waals surface area contributed by atoms with Crippen LogP contribution in [-0.4, -0.2) is 50.8 Å². The number of carbonyl (C=O) groups is 2. The molecule has 1 aliphatic rings. The maximum atomic E-state index is 13.8. The minimum Gasteiger partial charge on any atom is -0.349 e. The number of benzene rings is 1. The summed E-state index contributed by atoms with van der Waals surface area (Å²) in [5.41, 5.74) is 0. The van der Waals surface area contributed by atoms with E-state index in [-0.39, 0.29) is 23.7 Å². The van der Waals surface area contributed by atoms with Gasteiger partial charge in [-0.3, -0.25) is 14.3 Å². The second-order valence-corrected chi connectivity index (χ2v) is 7.50. The zero-order chi connectivity index (χ0) is 18.8. The van der Waals surface area contributed by atoms with Gasteiger partial charge in [-0.15, -0.1) is 16.4 Å². The summed E-state index contributed by atoms with van der Waals surface area (Å²) in [7, 11) is 0. The molecule has 4 rings (SSSR count). The second-order valence-electron chi connectivity index (χ2n) is 6.42. The number of likely N-dealkylation sites (tertiary alicyclic amines) is 1. The lowest BCUT2D eigenvalue weighted by Gasteiger charge is -2.41. The Morgan fingerprint density at radius 1 is 1.37 bits per heavy atom. The van der Waals surface area contributed by atoms with Crippen molar-refractivity contribution in [3.63, 3.8) is 0 Å². The Morgan fingerprint density at radius 3 is 2.96 bits per heavy atom. The summed E-state index contributed by atoms with van der Waals surface area (Å²) in [6.07, 6.45) is 4.50. The van der Waals surface area contributed by atoms with Gasteiger partial charge in [0.15, 0.2) is 0 Å². The Bertz CT molecular complexity index is 971. The number of amides is 2. The van der Waals surface area contributed by atoms with E-state index in [1.54, 1.807) is 40.2 Å². The molecule has 7 nitrogen and oxygen atoms in total. The number of hydrogen-bond acceptors (Lipinski definition) is 5. The molecule has 1 atom stereocenters. The average molecular weight is 387 g/mol. The molecule has 140 valence electrons. The highest BCUT2D eigenvalue weighted by atomic mass is 32.1. The van der Waals surface area contributed by atoms with Gasteiger partial charge >= 0.3 is 0 Å². The molecule has 1 saturated heterocycles. The van der Waals surface area contributed by atoms with Crippen LogP contribution in [0.3, 0.4) is 0 Å². The summed E-state index contributed by atoms with van der Waals surface area (Å²) < 4.78 is 16.1. The number of rotatable bonds is 6. The monoisotopic (exact) mass is 387 g/mol. The summed E-state index contributed by atoms with van der Waals surface area (Å²) in [6.45, 7) is 1.58. The molecule has 3 heterocycles. The molecule has 1 unspecified atom stereocenters. The van der Waals surface area contributed by atoms with Crippen molar-refractivity contribution in [2.75, 3.05) is 13.1 Å². The quantitative estimate of drug-likeness (QED) is 0.702. The van der Waals surface area contributed by atoms with Gasteiger partial charge in [-0.1, -0.05) is 11.3 Å². The zero-order valence-electron chi connectivity index (χ0n) is 14.5. The first-order valence-electron chi connectivity index (χ1n) is 8.71. The number of fused-ring (bicyclic) bond motifs is 1. The largest absolute Gasteiger partial charge is 0.349 e. The van der Waals surface area contributed by atoms with Crippen molar-refractivity contribution in [2.24, 2.45) is 0 Å². The van der Waals surface area contributed by atoms with Crippen molar-refractivity contribution in [1.29, 1.82) is 0 Å². The van der Waals surface area contributed by atoms with Crippen molar-refractivity contribution >= 4 is 33.2 Å². The molecular formula is C18H18FN5O2S. The molecule has 0 radical (unpaired) electrons. The molecule has 1 aromatic carbocycles. The molecule has 1 N–H and O–H groups in total. The van der Waals surface area contributed by atoms with Crippen molar-refractivity contribution in [3.8, 4) is 0 Å². The Labute approximate surface area is 158 Å². The van der Waals surface area contributed by atoms with Crippen LogP contribution in [0.5, 0.6) is 0 Å². The molecule has 2 aromatic heterocycles. The Balaban J connectivity index is 1.30. The van der Waals surface area contributed by atoms with Crippen LogP contribution in [0, 0.1) is 5.82 Å². The van der Waals surface area contributed by atoms with Crippen molar-refractivity contribution in [1.82, 2.24) is 25.2 Å². The topological polar surface area (TPSA) is 80.1 Å². The molecule has 9 heteroatoms. The first-order chi connectivity index (χ1) is 13.1. The predicted octanol–water partition coefficient (Wildman–Crippen LogP) is 2.05. The van der Waals surface area contributed by atoms with Crippen LogP contribution in [-0.2, 0) is 11.3 Å². The third kappa shape index (κ3) is 3.68. The molecule has 1 aliphatic heterocycles. The lowest BCUT2D eigenvalue weighted by atomic mass is 10.0. The number of halogens is 1. The van der Waals surface area contributed by atoms with Crippen LogP contribution in [0.25, 0.3) is 10.1 Å². The van der Waals surface area contributed by atoms with Gasteiger partial charge in [-0.05, 0) is 24.6 Å². The number of aryl methyl sites for hydroxylation is 1. The fraction of sp³-hybridized carbons (Fsp3) is 0.333. The number of nitrogens with zero attached hydrogens (tertiary/aromatic N) is 4. The van der Waals surface area contributed by atoms with Gasteiger partial charge in [0.2, 0.25) is 5.91 Å². The Morgan fingerprint density at radius 2 is 2.26 bits per heavy atom. The van der Waals surface area contributed by atoms with Crippen LogP contribution in [0.1, 0.15) is 22.5 Å². The molecule has 0 saturated carbocycles. The predicted molar refractivity (Wildman–Crippen MR) is 98.9 cm³/mol. The Kier molecular flexibility index (Phi) is 4.85. The fourth-order valence-corrected chi connectivity index (χ4v) is 4.11. The molecule has 1 fully saturated rings. The van der Waals surface area contributed by atoms with E-state index in [9.17, 15) is 14.0 Å². The van der Waals surface area contributed by atoms with Gasteiger partial charge in [0.05, 0.1) is 23.7 Å². The highest BCUT2D eigenvalue weighted by Crippen LogP contribution is 2.27. The van der Waals surface area contributed by atoms with E-state index in [4.69, 9.17) is 0 Å². The third-order valence-corrected chi connectivity index (χ3v) is 5.82. The van der Waals surface area contributed by atoms with Crippen LogP contribution in [0.2, 0.25) is 0 Å². The first-order valence-corrected chi connectivity index (χ1v) is 9.53. The van der Waals surface area contributed by atoms with Gasteiger partial charge in [0.25, 0.3) is 5.91 Å². The van der Waals surface area contributed by atoms with Crippen molar-refractivity contribution in [2.45, 2.75) is 25.4 Å². The summed E-state index contributed by atoms with van der Waals surface area (Å²) in [5, 5.41) is 10.9. The summed E-state index contributed by atoms with van der Waals surface area (Å²) >= 11 is 1.26. The first kappa shape index (κ1) is 17.6. The molecule has 0 bridgehead atoms. The second kappa shape index (κ2) is 7.43. The third-order valence-electron chi connectivity index (χ3n) is 4.72. The molecule has 0 aliphatic carbocycles. The molecule has 0 spiro atoms. The normalized spacial score (nSPS) is 16.3. The summed E-state index contributed by atoms with van der Waals surface area (Å²) in [4.78, 5) is 26.9. The van der Waals surface area contributed by atoms with E-state index in [0.717, 1.165) is 11.1 Å².